The van der Waals surface area contributed by atoms with Gasteiger partial charge in [-0.1, -0.05) is 45.8 Å². The molecule has 4 rings (SSSR count). The lowest BCUT2D eigenvalue weighted by molar-refractivity contribution is 0.0996. The fourth-order valence-corrected chi connectivity index (χ4v) is 4.07. The summed E-state index contributed by atoms with van der Waals surface area (Å²) in [5.41, 5.74) is 10.8. The molecule has 0 bridgehead atoms. The SMILES string of the molecule is Cc1cccc(Cn2nc(C)c(NC(=O)c3cc(C(N)=O)nc4ccc(Br)cc34)c2C)c1. The van der Waals surface area contributed by atoms with Gasteiger partial charge in [-0.25, -0.2) is 4.98 Å². The number of rotatable bonds is 5. The summed E-state index contributed by atoms with van der Waals surface area (Å²) >= 11 is 3.43. The Morgan fingerprint density at radius 2 is 1.88 bits per heavy atom. The third-order valence-corrected chi connectivity index (χ3v) is 5.80. The van der Waals surface area contributed by atoms with Crippen molar-refractivity contribution in [2.75, 3.05) is 5.32 Å². The Hall–Kier alpha value is -3.52. The molecule has 8 heteroatoms. The first-order valence-corrected chi connectivity index (χ1v) is 10.8. The van der Waals surface area contributed by atoms with E-state index in [9.17, 15) is 9.59 Å². The second-order valence-electron chi connectivity index (χ2n) is 7.73. The van der Waals surface area contributed by atoms with Crippen molar-refractivity contribution in [2.45, 2.75) is 27.3 Å². The van der Waals surface area contributed by atoms with E-state index in [1.54, 1.807) is 18.2 Å². The summed E-state index contributed by atoms with van der Waals surface area (Å²) < 4.78 is 2.67. The molecule has 32 heavy (non-hydrogen) atoms. The Morgan fingerprint density at radius 1 is 1.09 bits per heavy atom. The van der Waals surface area contributed by atoms with E-state index in [2.05, 4.69) is 37.4 Å². The standard InChI is InChI=1S/C24H22BrN5O2/c1-13-5-4-6-16(9-13)12-30-15(3)22(14(2)29-30)28-24(32)19-11-21(23(26)31)27-20-8-7-17(25)10-18(19)20/h4-11H,12H2,1-3H3,(H2,26,31)(H,28,32). The largest absolute Gasteiger partial charge is 0.364 e. The van der Waals surface area contributed by atoms with Crippen molar-refractivity contribution in [1.82, 2.24) is 14.8 Å². The monoisotopic (exact) mass is 491 g/mol. The van der Waals surface area contributed by atoms with Crippen LogP contribution in [0.25, 0.3) is 10.9 Å². The van der Waals surface area contributed by atoms with Crippen LogP contribution in [0.3, 0.4) is 0 Å². The number of benzene rings is 2. The molecule has 0 unspecified atom stereocenters. The van der Waals surface area contributed by atoms with Gasteiger partial charge in [-0.2, -0.15) is 5.10 Å². The zero-order valence-electron chi connectivity index (χ0n) is 17.9. The van der Waals surface area contributed by atoms with Gasteiger partial charge in [-0.3, -0.25) is 14.3 Å². The van der Waals surface area contributed by atoms with Gasteiger partial charge in [0, 0.05) is 9.86 Å². The second-order valence-corrected chi connectivity index (χ2v) is 8.64. The number of nitrogens with one attached hydrogen (secondary N) is 1. The maximum Gasteiger partial charge on any atom is 0.267 e. The molecule has 4 aromatic rings. The van der Waals surface area contributed by atoms with Crippen LogP contribution in [0.15, 0.2) is 53.0 Å². The number of carbonyl (C=O) groups is 2. The van der Waals surface area contributed by atoms with E-state index >= 15 is 0 Å². The number of pyridine rings is 1. The van der Waals surface area contributed by atoms with E-state index in [4.69, 9.17) is 5.73 Å². The molecule has 162 valence electrons. The summed E-state index contributed by atoms with van der Waals surface area (Å²) in [4.78, 5) is 29.3. The summed E-state index contributed by atoms with van der Waals surface area (Å²) in [6.45, 7) is 6.42. The smallest absolute Gasteiger partial charge is 0.267 e. The first kappa shape index (κ1) is 21.7. The number of primary amides is 1. The van der Waals surface area contributed by atoms with Gasteiger partial charge in [0.05, 0.1) is 34.7 Å². The van der Waals surface area contributed by atoms with Gasteiger partial charge in [0.15, 0.2) is 0 Å². The van der Waals surface area contributed by atoms with Crippen LogP contribution >= 0.6 is 15.9 Å². The molecule has 3 N–H and O–H groups in total. The highest BCUT2D eigenvalue weighted by atomic mass is 79.9. The predicted molar refractivity (Wildman–Crippen MR) is 128 cm³/mol. The Kier molecular flexibility index (Phi) is 5.80. The van der Waals surface area contributed by atoms with Crippen molar-refractivity contribution < 1.29 is 9.59 Å². The van der Waals surface area contributed by atoms with Gasteiger partial charge in [-0.05, 0) is 50.6 Å². The van der Waals surface area contributed by atoms with Crippen LogP contribution in [-0.4, -0.2) is 26.6 Å². The molecule has 2 aromatic heterocycles. The van der Waals surface area contributed by atoms with E-state index < -0.39 is 5.91 Å². The number of amides is 2. The number of fused-ring (bicyclic) bond motifs is 1. The number of aromatic nitrogens is 3. The van der Waals surface area contributed by atoms with Crippen LogP contribution in [0.4, 0.5) is 5.69 Å². The number of carbonyl (C=O) groups excluding carboxylic acids is 2. The molecule has 0 radical (unpaired) electrons. The molecule has 0 aliphatic heterocycles. The minimum absolute atomic E-state index is 0.0357. The van der Waals surface area contributed by atoms with Crippen LogP contribution in [0.2, 0.25) is 0 Å². The highest BCUT2D eigenvalue weighted by Crippen LogP contribution is 2.26. The summed E-state index contributed by atoms with van der Waals surface area (Å²) in [6.07, 6.45) is 0. The van der Waals surface area contributed by atoms with Crippen molar-refractivity contribution in [3.05, 3.63) is 86.8 Å². The summed E-state index contributed by atoms with van der Waals surface area (Å²) in [6, 6.07) is 15.0. The average Bonchev–Trinajstić information content (AvgIpc) is 3.00. The first-order chi connectivity index (χ1) is 15.2. The number of aryl methyl sites for hydroxylation is 2. The zero-order valence-corrected chi connectivity index (χ0v) is 19.5. The predicted octanol–water partition coefficient (Wildman–Crippen LogP) is 4.52. The van der Waals surface area contributed by atoms with Gasteiger partial charge >= 0.3 is 0 Å². The third-order valence-electron chi connectivity index (χ3n) is 5.30. The van der Waals surface area contributed by atoms with E-state index in [1.807, 2.05) is 43.7 Å². The maximum atomic E-state index is 13.3. The number of nitrogens with zero attached hydrogens (tertiary/aromatic N) is 3. The van der Waals surface area contributed by atoms with Gasteiger partial charge in [0.2, 0.25) is 0 Å². The minimum Gasteiger partial charge on any atom is -0.364 e. The van der Waals surface area contributed by atoms with Crippen molar-refractivity contribution in [1.29, 1.82) is 0 Å². The molecular weight excluding hydrogens is 470 g/mol. The van der Waals surface area contributed by atoms with Crippen LogP contribution < -0.4 is 11.1 Å². The molecule has 0 saturated heterocycles. The number of halogens is 1. The molecule has 2 aromatic carbocycles. The van der Waals surface area contributed by atoms with E-state index in [0.29, 0.717) is 34.4 Å². The summed E-state index contributed by atoms with van der Waals surface area (Å²) in [7, 11) is 0. The lowest BCUT2D eigenvalue weighted by atomic mass is 10.1. The first-order valence-electron chi connectivity index (χ1n) is 10.0. The van der Waals surface area contributed by atoms with Crippen LogP contribution in [-0.2, 0) is 6.54 Å². The Bertz CT molecular complexity index is 1380. The fraction of sp³-hybridized carbons (Fsp3) is 0.167. The normalized spacial score (nSPS) is 11.0. The molecule has 0 atom stereocenters. The lowest BCUT2D eigenvalue weighted by Gasteiger charge is -2.11. The highest BCUT2D eigenvalue weighted by Gasteiger charge is 2.19. The molecule has 0 aliphatic carbocycles. The molecule has 0 spiro atoms. The van der Waals surface area contributed by atoms with Crippen LogP contribution in [0.1, 0.15) is 43.4 Å². The second kappa shape index (κ2) is 8.55. The Morgan fingerprint density at radius 3 is 2.59 bits per heavy atom. The van der Waals surface area contributed by atoms with Gasteiger partial charge in [0.1, 0.15) is 5.69 Å². The number of hydrogen-bond acceptors (Lipinski definition) is 4. The van der Waals surface area contributed by atoms with E-state index in [1.165, 1.54) is 11.6 Å². The molecule has 2 amide bonds. The lowest BCUT2D eigenvalue weighted by Crippen LogP contribution is -2.18. The molecule has 2 heterocycles. The molecule has 7 nitrogen and oxygen atoms in total. The minimum atomic E-state index is -0.692. The van der Waals surface area contributed by atoms with Gasteiger partial charge < -0.3 is 11.1 Å². The van der Waals surface area contributed by atoms with Crippen LogP contribution in [0, 0.1) is 20.8 Å². The summed E-state index contributed by atoms with van der Waals surface area (Å²) in [5.74, 6) is -1.05. The average molecular weight is 492 g/mol. The topological polar surface area (TPSA) is 103 Å². The quantitative estimate of drug-likeness (QED) is 0.428. The van der Waals surface area contributed by atoms with Crippen molar-refractivity contribution in [2.24, 2.45) is 5.73 Å². The van der Waals surface area contributed by atoms with Crippen molar-refractivity contribution >= 4 is 44.3 Å². The molecule has 0 fully saturated rings. The summed E-state index contributed by atoms with van der Waals surface area (Å²) in [5, 5.41) is 8.20. The zero-order chi connectivity index (χ0) is 23.0. The van der Waals surface area contributed by atoms with Crippen LogP contribution in [0.5, 0.6) is 0 Å². The van der Waals surface area contributed by atoms with Gasteiger partial charge in [-0.15, -0.1) is 0 Å². The molecule has 0 saturated carbocycles. The number of nitrogens with two attached hydrogens (primary N) is 1. The van der Waals surface area contributed by atoms with Crippen molar-refractivity contribution in [3.8, 4) is 0 Å². The Balaban J connectivity index is 1.70. The third kappa shape index (κ3) is 4.27. The highest BCUT2D eigenvalue weighted by molar-refractivity contribution is 9.10. The molecule has 0 aliphatic rings. The van der Waals surface area contributed by atoms with E-state index in [-0.39, 0.29) is 11.6 Å². The van der Waals surface area contributed by atoms with E-state index in [0.717, 1.165) is 15.7 Å². The fourth-order valence-electron chi connectivity index (χ4n) is 3.71. The van der Waals surface area contributed by atoms with Crippen molar-refractivity contribution in [3.63, 3.8) is 0 Å². The maximum absolute atomic E-state index is 13.3. The van der Waals surface area contributed by atoms with Gasteiger partial charge in [0.25, 0.3) is 11.8 Å². The Labute approximate surface area is 193 Å². The number of anilines is 1. The number of hydrogen-bond donors (Lipinski definition) is 2. The molecular formula is C24H22BrN5O2.